The molecule has 2 rings (SSSR count). The fraction of sp³-hybridized carbons (Fsp3) is 0.786. The number of nitrogens with two attached hydrogens (primary N) is 1. The molecule has 1 aromatic rings. The zero-order chi connectivity index (χ0) is 75.9. The summed E-state index contributed by atoms with van der Waals surface area (Å²) in [6.45, 7) is 13.8. The largest absolute Gasteiger partial charge is 0.480 e. The van der Waals surface area contributed by atoms with Crippen LogP contribution in [-0.4, -0.2) is 356 Å². The Hall–Kier alpha value is -6.19. The predicted molar refractivity (Wildman–Crippen MR) is 382 cm³/mol. The van der Waals surface area contributed by atoms with E-state index >= 15 is 0 Å². The molecule has 0 spiro atoms. The molecule has 1 aromatic carbocycles. The molecule has 11 N–H and O–H groups in total. The van der Waals surface area contributed by atoms with Gasteiger partial charge in [-0.2, -0.15) is 0 Å². The molecule has 0 saturated carbocycles. The van der Waals surface area contributed by atoms with Crippen molar-refractivity contribution in [1.82, 2.24) is 46.2 Å². The fourth-order valence-electron chi connectivity index (χ4n) is 10.3. The molecule has 5 amide bonds. The number of carbonyl (C=O) groups is 9. The number of unbranched alkanes of at least 4 members (excludes halogenated alkanes) is 2. The van der Waals surface area contributed by atoms with E-state index in [2.05, 4.69) is 64.7 Å². The van der Waals surface area contributed by atoms with E-state index in [9.17, 15) is 63.6 Å². The van der Waals surface area contributed by atoms with Crippen molar-refractivity contribution in [2.45, 2.75) is 103 Å². The minimum Gasteiger partial charge on any atom is -0.480 e. The number of rotatable bonds is 66. The standard InChI is InChI=1S/C70H124N10O24/c1-57(2)52-59-14-12-58(13-15-59)8-7-11-62(81)72-19-6-4-10-61(70(92)93)76-64(83)17-31-95-35-39-99-42-44-101-46-48-103-50-51-104-49-47-102-45-43-100-41-37-97-33-21-74-69(91)60(75-63(82)16-30-94-34-38-98-40-36-96-32-18-71)9-3-5-20-73-65(84)53-77-22-24-78(54-66(85)86)26-28-80(56-68(89)90)29-27-79(25-23-77)55-67(87)88/h12-15,57,60-61H,3-11,16-56,71H2,1-2H3,(H,72,81)(H,73,84)(H,74,91)(H,75,82)(H,76,83)(H,85,86)(H,87,88)(H,89,90)(H,92,93). The lowest BCUT2D eigenvalue weighted by Gasteiger charge is -2.32. The van der Waals surface area contributed by atoms with Gasteiger partial charge < -0.3 is 105 Å². The first kappa shape index (κ1) is 93.9. The monoisotopic (exact) mass is 1490 g/mol. The van der Waals surface area contributed by atoms with Crippen LogP contribution in [0.1, 0.15) is 89.2 Å². The summed E-state index contributed by atoms with van der Waals surface area (Å²) >= 11 is 0. The summed E-state index contributed by atoms with van der Waals surface area (Å²) in [4.78, 5) is 118. The number of ether oxygens (including phenoxy) is 11. The number of carbonyl (C=O) groups excluding carboxylic acids is 5. The average Bonchev–Trinajstić information content (AvgIpc) is 0.931. The van der Waals surface area contributed by atoms with Crippen molar-refractivity contribution in [1.29, 1.82) is 0 Å². The molecule has 1 fully saturated rings. The second-order valence-electron chi connectivity index (χ2n) is 25.1. The minimum atomic E-state index is -1.11. The van der Waals surface area contributed by atoms with Gasteiger partial charge in [-0.05, 0) is 74.8 Å². The molecule has 0 bridgehead atoms. The van der Waals surface area contributed by atoms with E-state index in [0.717, 1.165) is 19.3 Å². The third kappa shape index (κ3) is 56.2. The maximum absolute atomic E-state index is 13.4. The van der Waals surface area contributed by atoms with Gasteiger partial charge in [0.05, 0.1) is 172 Å². The van der Waals surface area contributed by atoms with Crippen molar-refractivity contribution < 1.29 is 116 Å². The maximum Gasteiger partial charge on any atom is 0.326 e. The molecule has 2 unspecified atom stereocenters. The average molecular weight is 1490 g/mol. The van der Waals surface area contributed by atoms with E-state index in [4.69, 9.17) is 57.8 Å². The van der Waals surface area contributed by atoms with Crippen LogP contribution in [-0.2, 0) is 108 Å². The molecule has 598 valence electrons. The molecular weight excluding hydrogens is 1360 g/mol. The lowest BCUT2D eigenvalue weighted by Crippen LogP contribution is -2.49. The van der Waals surface area contributed by atoms with E-state index in [1.807, 2.05) is 4.90 Å². The first-order valence-electron chi connectivity index (χ1n) is 36.6. The van der Waals surface area contributed by atoms with Gasteiger partial charge in [0, 0.05) is 97.8 Å². The van der Waals surface area contributed by atoms with E-state index < -0.39 is 47.8 Å². The molecule has 0 aliphatic carbocycles. The molecule has 34 heteroatoms. The number of amides is 5. The molecular formula is C70H124N10O24. The van der Waals surface area contributed by atoms with Gasteiger partial charge in [0.25, 0.3) is 0 Å². The molecule has 2 atom stereocenters. The zero-order valence-electron chi connectivity index (χ0n) is 61.7. The topological polar surface area (TPSA) is 435 Å². The van der Waals surface area contributed by atoms with E-state index in [-0.39, 0.29) is 175 Å². The Balaban J connectivity index is 1.53. The van der Waals surface area contributed by atoms with Crippen molar-refractivity contribution in [3.63, 3.8) is 0 Å². The number of nitrogens with zero attached hydrogens (tertiary/aromatic N) is 4. The minimum absolute atomic E-state index is 0.000354. The number of hydrogen-bond acceptors (Lipinski definition) is 25. The summed E-state index contributed by atoms with van der Waals surface area (Å²) in [5.74, 6) is -5.22. The Kier molecular flexibility index (Phi) is 57.8. The van der Waals surface area contributed by atoms with Gasteiger partial charge in [-0.3, -0.25) is 58.0 Å². The molecule has 0 aromatic heterocycles. The maximum atomic E-state index is 13.4. The normalized spacial score (nSPS) is 14.3. The highest BCUT2D eigenvalue weighted by atomic mass is 16.6. The van der Waals surface area contributed by atoms with Crippen molar-refractivity contribution >= 4 is 53.4 Å². The van der Waals surface area contributed by atoms with Crippen molar-refractivity contribution in [3.05, 3.63) is 35.4 Å². The van der Waals surface area contributed by atoms with Gasteiger partial charge >= 0.3 is 23.9 Å². The number of benzene rings is 1. The van der Waals surface area contributed by atoms with Gasteiger partial charge in [-0.1, -0.05) is 38.1 Å². The van der Waals surface area contributed by atoms with Crippen LogP contribution < -0.4 is 32.3 Å². The van der Waals surface area contributed by atoms with Gasteiger partial charge in [0.15, 0.2) is 0 Å². The Morgan fingerprint density at radius 1 is 0.375 bits per heavy atom. The Morgan fingerprint density at radius 3 is 1.09 bits per heavy atom. The van der Waals surface area contributed by atoms with Gasteiger partial charge in [0.2, 0.25) is 29.5 Å². The highest BCUT2D eigenvalue weighted by Gasteiger charge is 2.24. The number of nitrogens with one attached hydrogen (secondary N) is 5. The van der Waals surface area contributed by atoms with Crippen LogP contribution in [0.25, 0.3) is 0 Å². The van der Waals surface area contributed by atoms with Crippen molar-refractivity contribution in [3.8, 4) is 0 Å². The predicted octanol–water partition coefficient (Wildman–Crippen LogP) is -0.652. The lowest BCUT2D eigenvalue weighted by atomic mass is 10.00. The molecule has 1 aliphatic heterocycles. The molecule has 1 saturated heterocycles. The van der Waals surface area contributed by atoms with Gasteiger partial charge in [0.1, 0.15) is 12.1 Å². The second-order valence-corrected chi connectivity index (χ2v) is 25.1. The molecule has 0 radical (unpaired) electrons. The van der Waals surface area contributed by atoms with Crippen LogP contribution in [0.15, 0.2) is 24.3 Å². The van der Waals surface area contributed by atoms with E-state index in [1.165, 1.54) is 11.1 Å². The van der Waals surface area contributed by atoms with E-state index in [0.29, 0.717) is 157 Å². The van der Waals surface area contributed by atoms with Crippen molar-refractivity contribution in [2.75, 3.05) is 250 Å². The zero-order valence-corrected chi connectivity index (χ0v) is 61.7. The van der Waals surface area contributed by atoms with Crippen LogP contribution in [0.5, 0.6) is 0 Å². The second kappa shape index (κ2) is 64.0. The number of aryl methyl sites for hydroxylation is 1. The smallest absolute Gasteiger partial charge is 0.326 e. The summed E-state index contributed by atoms with van der Waals surface area (Å²) in [6.07, 6.45) is 5.61. The van der Waals surface area contributed by atoms with E-state index in [1.54, 1.807) is 14.7 Å². The summed E-state index contributed by atoms with van der Waals surface area (Å²) in [5, 5.41) is 52.1. The van der Waals surface area contributed by atoms with Gasteiger partial charge in [-0.15, -0.1) is 0 Å². The first-order valence-corrected chi connectivity index (χ1v) is 36.6. The SMILES string of the molecule is CC(C)Cc1ccc(CCCC(=O)NCCCCC(NC(=O)CCOCCOCCOCCOCCOCCOCCOCCOCCNC(=O)C(CCCCNC(=O)CN2CCN(CC(=O)O)CCN(CC(=O)O)CCN(CC(=O)O)CC2)NC(=O)CCOCCOCCOCCN)C(=O)O)cc1. The number of carboxylic acid groups (broad SMARTS) is 4. The van der Waals surface area contributed by atoms with Crippen LogP contribution in [0.4, 0.5) is 0 Å². The third-order valence-corrected chi connectivity index (χ3v) is 15.8. The van der Waals surface area contributed by atoms with Crippen LogP contribution in [0.2, 0.25) is 0 Å². The number of hydrogen-bond donors (Lipinski definition) is 10. The van der Waals surface area contributed by atoms with Gasteiger partial charge in [-0.25, -0.2) is 4.79 Å². The molecule has 34 nitrogen and oxygen atoms in total. The summed E-state index contributed by atoms with van der Waals surface area (Å²) in [6, 6.07) is 6.64. The molecule has 1 heterocycles. The number of aliphatic carboxylic acids is 4. The fourth-order valence-corrected chi connectivity index (χ4v) is 10.3. The van der Waals surface area contributed by atoms with Crippen molar-refractivity contribution in [2.24, 2.45) is 11.7 Å². The molecule has 1 aliphatic rings. The van der Waals surface area contributed by atoms with Crippen LogP contribution in [0.3, 0.4) is 0 Å². The summed E-state index contributed by atoms with van der Waals surface area (Å²) in [5.41, 5.74) is 7.94. The third-order valence-electron chi connectivity index (χ3n) is 15.8. The first-order chi connectivity index (χ1) is 50.3. The lowest BCUT2D eigenvalue weighted by molar-refractivity contribution is -0.142. The Bertz CT molecular complexity index is 2410. The Labute approximate surface area is 613 Å². The van der Waals surface area contributed by atoms with Crippen LogP contribution >= 0.6 is 0 Å². The highest BCUT2D eigenvalue weighted by molar-refractivity contribution is 5.87. The molecule has 104 heavy (non-hydrogen) atoms. The quantitative estimate of drug-likeness (QED) is 0.0362. The summed E-state index contributed by atoms with van der Waals surface area (Å²) in [7, 11) is 0. The Morgan fingerprint density at radius 2 is 0.712 bits per heavy atom. The highest BCUT2D eigenvalue weighted by Crippen LogP contribution is 2.13. The van der Waals surface area contributed by atoms with Crippen LogP contribution in [0, 0.1) is 5.92 Å². The number of carboxylic acids is 4. The summed E-state index contributed by atoms with van der Waals surface area (Å²) < 4.78 is 60.6.